The molecule has 0 rings (SSSR count). The smallest absolute Gasteiger partial charge is 0.284 e. The monoisotopic (exact) mass is 309 g/mol. The Morgan fingerprint density at radius 3 is 2.00 bits per heavy atom. The minimum Gasteiger partial charge on any atom is -0.284 e. The first-order valence-electron chi connectivity index (χ1n) is 2.57. The molecule has 0 aliphatic rings. The number of halogens is 6. The highest BCUT2D eigenvalue weighted by Gasteiger charge is 2.30. The number of rotatable bonds is 4. The van der Waals surface area contributed by atoms with Gasteiger partial charge in [0.15, 0.2) is 0 Å². The molecule has 0 aliphatic carbocycles. The van der Waals surface area contributed by atoms with E-state index in [0.717, 1.165) is 0 Å². The Hall–Kier alpha value is 0.820. The normalized spacial score (nSPS) is 12.7. The maximum atomic E-state index is 11.9. The van der Waals surface area contributed by atoms with Crippen LogP contribution in [0, 0.1) is 0 Å². The maximum absolute atomic E-state index is 11.9. The molecule has 0 saturated carbocycles. The summed E-state index contributed by atoms with van der Waals surface area (Å²) in [7, 11) is -0.276. The Kier molecular flexibility index (Phi) is 6.12. The van der Waals surface area contributed by atoms with E-state index in [0.29, 0.717) is 0 Å². The van der Waals surface area contributed by atoms with Crippen molar-refractivity contribution in [2.75, 3.05) is 0 Å². The second-order valence-electron chi connectivity index (χ2n) is 1.55. The SMILES string of the molecule is O=C(NSC(F)(F)Cl)SSC(F)(F)Cl. The van der Waals surface area contributed by atoms with Gasteiger partial charge in [-0.05, 0) is 23.2 Å². The van der Waals surface area contributed by atoms with Crippen molar-refractivity contribution < 1.29 is 22.4 Å². The lowest BCUT2D eigenvalue weighted by molar-refractivity contribution is 0.202. The number of alkyl halides is 6. The lowest BCUT2D eigenvalue weighted by Gasteiger charge is -2.08. The summed E-state index contributed by atoms with van der Waals surface area (Å²) in [6.07, 6.45) is 0. The fourth-order valence-corrected chi connectivity index (χ4v) is 2.05. The van der Waals surface area contributed by atoms with Crippen molar-refractivity contribution in [3.8, 4) is 0 Å². The van der Waals surface area contributed by atoms with E-state index >= 15 is 0 Å². The molecule has 0 bridgehead atoms. The molecule has 0 saturated heterocycles. The molecule has 0 aromatic rings. The third-order valence-corrected chi connectivity index (χ3v) is 3.71. The Morgan fingerprint density at radius 2 is 1.64 bits per heavy atom. The highest BCUT2D eigenvalue weighted by molar-refractivity contribution is 8.82. The molecule has 0 spiro atoms. The van der Waals surface area contributed by atoms with E-state index < -0.39 is 26.6 Å². The van der Waals surface area contributed by atoms with Crippen LogP contribution in [0.25, 0.3) is 0 Å². The van der Waals surface area contributed by atoms with Crippen LogP contribution in [0.1, 0.15) is 0 Å². The molecular formula is C3HCl2F4NOS3. The van der Waals surface area contributed by atoms with E-state index in [-0.39, 0.29) is 21.6 Å². The van der Waals surface area contributed by atoms with Gasteiger partial charge in [-0.1, -0.05) is 0 Å². The molecular weight excluding hydrogens is 309 g/mol. The van der Waals surface area contributed by atoms with Gasteiger partial charge in [0.2, 0.25) is 0 Å². The first-order valence-corrected chi connectivity index (χ1v) is 6.29. The molecule has 0 fully saturated rings. The van der Waals surface area contributed by atoms with E-state index in [1.54, 1.807) is 4.72 Å². The summed E-state index contributed by atoms with van der Waals surface area (Å²) in [6, 6.07) is 0. The fraction of sp³-hybridized carbons (Fsp3) is 0.667. The number of hydrogen-bond acceptors (Lipinski definition) is 4. The summed E-state index contributed by atoms with van der Waals surface area (Å²) in [5.41, 5.74) is 0. The van der Waals surface area contributed by atoms with Gasteiger partial charge in [-0.3, -0.25) is 9.52 Å². The van der Waals surface area contributed by atoms with Gasteiger partial charge in [0.25, 0.3) is 5.24 Å². The molecule has 14 heavy (non-hydrogen) atoms. The molecule has 0 atom stereocenters. The lowest BCUT2D eigenvalue weighted by Crippen LogP contribution is -2.15. The van der Waals surface area contributed by atoms with E-state index in [2.05, 4.69) is 23.2 Å². The Morgan fingerprint density at radius 1 is 1.14 bits per heavy atom. The molecule has 0 aliphatic heterocycles. The van der Waals surface area contributed by atoms with Crippen LogP contribution in [0.4, 0.5) is 22.4 Å². The fourth-order valence-electron chi connectivity index (χ4n) is 0.202. The predicted octanol–water partition coefficient (Wildman–Crippen LogP) is 4.30. The van der Waals surface area contributed by atoms with Crippen LogP contribution in [0.5, 0.6) is 0 Å². The zero-order valence-corrected chi connectivity index (χ0v) is 9.86. The molecule has 1 amide bonds. The standard InChI is InChI=1S/C3HCl2F4NOS3/c4-2(6,7)13-10-1(11)12-14-3(5,8)9/h(H,10,11). The number of carbonyl (C=O) groups is 1. The Labute approximate surface area is 98.4 Å². The summed E-state index contributed by atoms with van der Waals surface area (Å²) in [6.45, 7) is 0. The summed E-state index contributed by atoms with van der Waals surface area (Å²) >= 11 is 8.41. The van der Waals surface area contributed by atoms with Crippen LogP contribution >= 0.6 is 56.7 Å². The van der Waals surface area contributed by atoms with Gasteiger partial charge < -0.3 is 0 Å². The van der Waals surface area contributed by atoms with Crippen LogP contribution in [-0.2, 0) is 0 Å². The minimum absolute atomic E-state index is 0.00406. The third-order valence-electron chi connectivity index (χ3n) is 0.462. The number of amides is 1. The molecule has 11 heteroatoms. The van der Waals surface area contributed by atoms with Crippen LogP contribution in [0.2, 0.25) is 0 Å². The topological polar surface area (TPSA) is 29.1 Å². The zero-order valence-electron chi connectivity index (χ0n) is 5.90. The summed E-state index contributed by atoms with van der Waals surface area (Å²) < 4.78 is 41.8. The van der Waals surface area contributed by atoms with Gasteiger partial charge in [-0.25, -0.2) is 0 Å². The van der Waals surface area contributed by atoms with E-state index in [9.17, 15) is 22.4 Å². The van der Waals surface area contributed by atoms with Gasteiger partial charge in [-0.2, -0.15) is 17.6 Å². The van der Waals surface area contributed by atoms with Gasteiger partial charge in [-0.15, -0.1) is 0 Å². The van der Waals surface area contributed by atoms with Crippen LogP contribution in [0.15, 0.2) is 0 Å². The van der Waals surface area contributed by atoms with E-state index in [1.807, 2.05) is 0 Å². The molecule has 0 heterocycles. The molecule has 0 aromatic carbocycles. The number of carbonyl (C=O) groups excluding carboxylic acids is 1. The number of hydrogen-bond donors (Lipinski definition) is 1. The molecule has 0 aromatic heterocycles. The summed E-state index contributed by atoms with van der Waals surface area (Å²) in [4.78, 5) is 10.6. The van der Waals surface area contributed by atoms with E-state index in [4.69, 9.17) is 0 Å². The minimum atomic E-state index is -3.68. The van der Waals surface area contributed by atoms with Crippen molar-refractivity contribution in [2.45, 2.75) is 9.43 Å². The van der Waals surface area contributed by atoms with Crippen molar-refractivity contribution in [1.82, 2.24) is 4.72 Å². The van der Waals surface area contributed by atoms with Crippen LogP contribution in [-0.4, -0.2) is 14.7 Å². The molecule has 0 unspecified atom stereocenters. The van der Waals surface area contributed by atoms with Gasteiger partial charge in [0.1, 0.15) is 0 Å². The van der Waals surface area contributed by atoms with Gasteiger partial charge in [0, 0.05) is 33.5 Å². The van der Waals surface area contributed by atoms with E-state index in [1.165, 1.54) is 0 Å². The number of nitrogens with one attached hydrogen (secondary N) is 1. The molecule has 1 N–H and O–H groups in total. The zero-order chi connectivity index (χ0) is 11.4. The largest absolute Gasteiger partial charge is 0.389 e. The molecule has 0 radical (unpaired) electrons. The first kappa shape index (κ1) is 14.8. The Bertz CT molecular complexity index is 187. The second-order valence-corrected chi connectivity index (χ2v) is 6.09. The maximum Gasteiger partial charge on any atom is 0.389 e. The van der Waals surface area contributed by atoms with Crippen LogP contribution in [0.3, 0.4) is 0 Å². The summed E-state index contributed by atoms with van der Waals surface area (Å²) in [5, 5.41) is -1.11. The van der Waals surface area contributed by atoms with Gasteiger partial charge in [0.05, 0.1) is 0 Å². The highest BCUT2D eigenvalue weighted by atomic mass is 35.5. The van der Waals surface area contributed by atoms with Crippen molar-refractivity contribution >= 4 is 62.0 Å². The van der Waals surface area contributed by atoms with Crippen LogP contribution < -0.4 is 4.72 Å². The molecule has 2 nitrogen and oxygen atoms in total. The van der Waals surface area contributed by atoms with Gasteiger partial charge >= 0.3 is 9.43 Å². The predicted molar refractivity (Wildman–Crippen MR) is 52.9 cm³/mol. The van der Waals surface area contributed by atoms with Crippen molar-refractivity contribution in [3.63, 3.8) is 0 Å². The Balaban J connectivity index is 3.68. The average molecular weight is 310 g/mol. The average Bonchev–Trinajstić information content (AvgIpc) is 1.94. The second kappa shape index (κ2) is 5.78. The molecule has 84 valence electrons. The highest BCUT2D eigenvalue weighted by Crippen LogP contribution is 2.42. The quantitative estimate of drug-likeness (QED) is 0.363. The third kappa shape index (κ3) is 10.9. The van der Waals surface area contributed by atoms with Crippen molar-refractivity contribution in [3.05, 3.63) is 0 Å². The van der Waals surface area contributed by atoms with Crippen molar-refractivity contribution in [1.29, 1.82) is 0 Å². The van der Waals surface area contributed by atoms with Crippen molar-refractivity contribution in [2.24, 2.45) is 0 Å². The summed E-state index contributed by atoms with van der Waals surface area (Å²) in [5.74, 6) is 0. The lowest BCUT2D eigenvalue weighted by atomic mass is 11.5. The first-order chi connectivity index (χ1) is 6.10.